The van der Waals surface area contributed by atoms with Crippen LogP contribution in [0.1, 0.15) is 65.6 Å². The summed E-state index contributed by atoms with van der Waals surface area (Å²) >= 11 is 0. The fourth-order valence-corrected chi connectivity index (χ4v) is 2.75. The number of nitrogens with one attached hydrogen (secondary N) is 1. The molecular weight excluding hydrogens is 254 g/mol. The Labute approximate surface area is 121 Å². The van der Waals surface area contributed by atoms with Crippen LogP contribution < -0.4 is 5.32 Å². The maximum absolute atomic E-state index is 6.05. The predicted molar refractivity (Wildman–Crippen MR) is 78.6 cm³/mol. The van der Waals surface area contributed by atoms with E-state index in [1.165, 1.54) is 0 Å². The molecule has 0 aliphatic heterocycles. The van der Waals surface area contributed by atoms with Crippen LogP contribution in [0, 0.1) is 5.41 Å². The lowest BCUT2D eigenvalue weighted by Gasteiger charge is -2.41. The van der Waals surface area contributed by atoms with E-state index in [9.17, 15) is 0 Å². The molecule has 0 radical (unpaired) electrons. The van der Waals surface area contributed by atoms with Gasteiger partial charge < -0.3 is 14.6 Å². The minimum atomic E-state index is -0.361. The van der Waals surface area contributed by atoms with Gasteiger partial charge in [-0.25, -0.2) is 0 Å². The highest BCUT2D eigenvalue weighted by molar-refractivity contribution is 5.20. The van der Waals surface area contributed by atoms with Gasteiger partial charge in [0.2, 0.25) is 5.82 Å². The molecular formula is C15H27N3O2. The van der Waals surface area contributed by atoms with Crippen LogP contribution >= 0.6 is 0 Å². The Hall–Kier alpha value is -1.10. The van der Waals surface area contributed by atoms with Crippen molar-refractivity contribution >= 4 is 6.01 Å². The molecule has 0 spiro atoms. The summed E-state index contributed by atoms with van der Waals surface area (Å²) in [4.78, 5) is 4.50. The fourth-order valence-electron chi connectivity index (χ4n) is 2.75. The second-order valence-electron chi connectivity index (χ2n) is 6.44. The number of hydrogen-bond acceptors (Lipinski definition) is 5. The highest BCUT2D eigenvalue weighted by Crippen LogP contribution is 2.46. The summed E-state index contributed by atoms with van der Waals surface area (Å²) in [5.74, 6) is 0.702. The first-order chi connectivity index (χ1) is 9.51. The highest BCUT2D eigenvalue weighted by atomic mass is 16.5. The molecule has 0 unspecified atom stereocenters. The molecule has 2 rings (SSSR count). The van der Waals surface area contributed by atoms with Gasteiger partial charge in [0.1, 0.15) is 5.60 Å². The van der Waals surface area contributed by atoms with Crippen LogP contribution in [0.2, 0.25) is 0 Å². The maximum atomic E-state index is 6.05. The van der Waals surface area contributed by atoms with Crippen molar-refractivity contribution in [3.8, 4) is 0 Å². The van der Waals surface area contributed by atoms with E-state index in [1.807, 2.05) is 6.92 Å². The Morgan fingerprint density at radius 3 is 2.50 bits per heavy atom. The van der Waals surface area contributed by atoms with Crippen molar-refractivity contribution in [1.29, 1.82) is 0 Å². The van der Waals surface area contributed by atoms with Crippen LogP contribution in [0.3, 0.4) is 0 Å². The highest BCUT2D eigenvalue weighted by Gasteiger charge is 2.43. The summed E-state index contributed by atoms with van der Waals surface area (Å²) in [5.41, 5.74) is 0.0214. The van der Waals surface area contributed by atoms with E-state index in [-0.39, 0.29) is 5.60 Å². The second-order valence-corrected chi connectivity index (χ2v) is 6.44. The molecule has 1 saturated carbocycles. The molecule has 1 aromatic heterocycles. The molecule has 5 nitrogen and oxygen atoms in total. The minimum absolute atomic E-state index is 0.361. The zero-order valence-corrected chi connectivity index (χ0v) is 13.2. The summed E-state index contributed by atoms with van der Waals surface area (Å²) in [6, 6.07) is 0.505. The van der Waals surface area contributed by atoms with Crippen molar-refractivity contribution in [3.05, 3.63) is 5.82 Å². The van der Waals surface area contributed by atoms with E-state index in [4.69, 9.17) is 9.26 Å². The number of nitrogens with zero attached hydrogens (tertiary/aromatic N) is 2. The third-order valence-electron chi connectivity index (χ3n) is 4.19. The van der Waals surface area contributed by atoms with Gasteiger partial charge in [0.05, 0.1) is 0 Å². The largest absolute Gasteiger partial charge is 0.367 e. The van der Waals surface area contributed by atoms with Crippen molar-refractivity contribution in [3.63, 3.8) is 0 Å². The summed E-state index contributed by atoms with van der Waals surface area (Å²) in [7, 11) is 0. The SMILES string of the molecule is CCCNc1nc(C2(OCC)CCC(C)(C)CC2)no1. The van der Waals surface area contributed by atoms with E-state index in [0.717, 1.165) is 38.6 Å². The lowest BCUT2D eigenvalue weighted by Crippen LogP contribution is -2.38. The molecule has 0 saturated heterocycles. The van der Waals surface area contributed by atoms with Crippen molar-refractivity contribution in [2.75, 3.05) is 18.5 Å². The molecule has 0 amide bonds. The van der Waals surface area contributed by atoms with Crippen molar-refractivity contribution in [1.82, 2.24) is 10.1 Å². The summed E-state index contributed by atoms with van der Waals surface area (Å²) in [6.07, 6.45) is 5.20. The Balaban J connectivity index is 2.14. The van der Waals surface area contributed by atoms with Gasteiger partial charge in [0, 0.05) is 13.2 Å². The van der Waals surface area contributed by atoms with Gasteiger partial charge in [-0.15, -0.1) is 0 Å². The van der Waals surface area contributed by atoms with E-state index in [0.29, 0.717) is 23.9 Å². The molecule has 1 heterocycles. The number of rotatable bonds is 6. The molecule has 114 valence electrons. The predicted octanol–water partition coefficient (Wildman–Crippen LogP) is 3.72. The van der Waals surface area contributed by atoms with Crippen LogP contribution in [0.15, 0.2) is 4.52 Å². The quantitative estimate of drug-likeness (QED) is 0.861. The van der Waals surface area contributed by atoms with Crippen LogP contribution in [0.4, 0.5) is 6.01 Å². The average molecular weight is 281 g/mol. The molecule has 0 atom stereocenters. The van der Waals surface area contributed by atoms with Crippen molar-refractivity contribution in [2.45, 2.75) is 65.4 Å². The van der Waals surface area contributed by atoms with Crippen LogP contribution in [0.5, 0.6) is 0 Å². The number of ether oxygens (including phenoxy) is 1. The normalized spacial score (nSPS) is 20.8. The first-order valence-corrected chi connectivity index (χ1v) is 7.73. The third-order valence-corrected chi connectivity index (χ3v) is 4.19. The fraction of sp³-hybridized carbons (Fsp3) is 0.867. The summed E-state index contributed by atoms with van der Waals surface area (Å²) in [6.45, 7) is 10.3. The summed E-state index contributed by atoms with van der Waals surface area (Å²) in [5, 5.41) is 7.29. The van der Waals surface area contributed by atoms with Crippen LogP contribution in [0.25, 0.3) is 0 Å². The van der Waals surface area contributed by atoms with Crippen LogP contribution in [-0.2, 0) is 10.3 Å². The lowest BCUT2D eigenvalue weighted by atomic mass is 9.70. The van der Waals surface area contributed by atoms with Crippen molar-refractivity contribution in [2.24, 2.45) is 5.41 Å². The van der Waals surface area contributed by atoms with Gasteiger partial charge in [-0.1, -0.05) is 25.9 Å². The summed E-state index contributed by atoms with van der Waals surface area (Å²) < 4.78 is 11.3. The standard InChI is InChI=1S/C15H27N3O2/c1-5-11-16-13-17-12(18-20-13)15(19-6-2)9-7-14(3,4)8-10-15/h5-11H2,1-4H3,(H,16,17,18). The maximum Gasteiger partial charge on any atom is 0.321 e. The van der Waals surface area contributed by atoms with E-state index in [2.05, 4.69) is 36.2 Å². The van der Waals surface area contributed by atoms with Gasteiger partial charge in [-0.3, -0.25) is 0 Å². The zero-order chi connectivity index (χ0) is 14.6. The minimum Gasteiger partial charge on any atom is -0.367 e. The molecule has 1 aliphatic rings. The first-order valence-electron chi connectivity index (χ1n) is 7.73. The Morgan fingerprint density at radius 1 is 1.20 bits per heavy atom. The number of anilines is 1. The molecule has 1 aromatic rings. The van der Waals surface area contributed by atoms with Crippen molar-refractivity contribution < 1.29 is 9.26 Å². The zero-order valence-electron chi connectivity index (χ0n) is 13.2. The number of hydrogen-bond donors (Lipinski definition) is 1. The van der Waals surface area contributed by atoms with Gasteiger partial charge in [-0.05, 0) is 44.4 Å². The Kier molecular flexibility index (Phi) is 4.68. The van der Waals surface area contributed by atoms with E-state index >= 15 is 0 Å². The first kappa shape index (κ1) is 15.3. The molecule has 1 aliphatic carbocycles. The molecule has 1 N–H and O–H groups in total. The molecule has 0 aromatic carbocycles. The molecule has 1 fully saturated rings. The van der Waals surface area contributed by atoms with E-state index < -0.39 is 0 Å². The second kappa shape index (κ2) is 6.12. The number of aromatic nitrogens is 2. The van der Waals surface area contributed by atoms with Gasteiger partial charge >= 0.3 is 6.01 Å². The van der Waals surface area contributed by atoms with Gasteiger partial charge in [0.25, 0.3) is 0 Å². The topological polar surface area (TPSA) is 60.2 Å². The smallest absolute Gasteiger partial charge is 0.321 e. The molecule has 5 heteroatoms. The average Bonchev–Trinajstić information content (AvgIpc) is 2.89. The van der Waals surface area contributed by atoms with E-state index in [1.54, 1.807) is 0 Å². The monoisotopic (exact) mass is 281 g/mol. The van der Waals surface area contributed by atoms with Gasteiger partial charge in [0.15, 0.2) is 0 Å². The van der Waals surface area contributed by atoms with Crippen LogP contribution in [-0.4, -0.2) is 23.3 Å². The molecule has 20 heavy (non-hydrogen) atoms. The Bertz CT molecular complexity index is 419. The molecule has 0 bridgehead atoms. The third kappa shape index (κ3) is 3.32. The Morgan fingerprint density at radius 2 is 1.90 bits per heavy atom. The lowest BCUT2D eigenvalue weighted by molar-refractivity contribution is -0.0957. The van der Waals surface area contributed by atoms with Gasteiger partial charge in [-0.2, -0.15) is 4.98 Å².